The summed E-state index contributed by atoms with van der Waals surface area (Å²) in [4.78, 5) is 12.7. The van der Waals surface area contributed by atoms with E-state index in [4.69, 9.17) is 4.74 Å². The Morgan fingerprint density at radius 2 is 2.00 bits per heavy atom. The van der Waals surface area contributed by atoms with E-state index < -0.39 is 0 Å². The number of nitrogens with one attached hydrogen (secondary N) is 1. The van der Waals surface area contributed by atoms with Crippen LogP contribution >= 0.6 is 11.3 Å². The molecule has 1 N–H and O–H groups in total. The van der Waals surface area contributed by atoms with Crippen LogP contribution in [0.3, 0.4) is 0 Å². The second-order valence-electron chi connectivity index (χ2n) is 4.91. The maximum absolute atomic E-state index is 12.0. The maximum atomic E-state index is 12.0. The van der Waals surface area contributed by atoms with Crippen LogP contribution in [0.25, 0.3) is 0 Å². The highest BCUT2D eigenvalue weighted by Gasteiger charge is 2.12. The summed E-state index contributed by atoms with van der Waals surface area (Å²) in [5.41, 5.74) is 1.04. The number of carbonyl (C=O) groups excluding carboxylic acids is 1. The molecule has 0 saturated carbocycles. The van der Waals surface area contributed by atoms with Gasteiger partial charge in [-0.15, -0.1) is 11.3 Å². The molecule has 1 unspecified atom stereocenters. The molecule has 106 valence electrons. The summed E-state index contributed by atoms with van der Waals surface area (Å²) in [7, 11) is 0. The first-order chi connectivity index (χ1) is 9.56. The summed E-state index contributed by atoms with van der Waals surface area (Å²) in [6.07, 6.45) is 0.140. The Morgan fingerprint density at radius 1 is 1.20 bits per heavy atom. The van der Waals surface area contributed by atoms with Gasteiger partial charge in [0.05, 0.1) is 17.0 Å². The van der Waals surface area contributed by atoms with Gasteiger partial charge in [0.15, 0.2) is 0 Å². The Bertz CT molecular complexity index is 564. The second kappa shape index (κ2) is 6.57. The van der Waals surface area contributed by atoms with Gasteiger partial charge in [0.2, 0.25) is 0 Å². The van der Waals surface area contributed by atoms with Crippen LogP contribution in [0.4, 0.5) is 0 Å². The fraction of sp³-hybridized carbons (Fsp3) is 0.312. The maximum Gasteiger partial charge on any atom is 0.261 e. The highest BCUT2D eigenvalue weighted by molar-refractivity contribution is 7.12. The van der Waals surface area contributed by atoms with Crippen LogP contribution < -0.4 is 10.1 Å². The topological polar surface area (TPSA) is 38.3 Å². The van der Waals surface area contributed by atoms with Crippen LogP contribution in [0, 0.1) is 0 Å². The lowest BCUT2D eigenvalue weighted by atomic mass is 10.1. The van der Waals surface area contributed by atoms with Crippen LogP contribution in [-0.2, 0) is 0 Å². The molecule has 0 saturated heterocycles. The van der Waals surface area contributed by atoms with E-state index in [2.05, 4.69) is 5.32 Å². The van der Waals surface area contributed by atoms with E-state index in [1.54, 1.807) is 0 Å². The number of benzene rings is 1. The minimum absolute atomic E-state index is 0.0392. The summed E-state index contributed by atoms with van der Waals surface area (Å²) >= 11 is 1.44. The molecule has 0 aliphatic rings. The van der Waals surface area contributed by atoms with E-state index in [1.807, 2.05) is 62.5 Å². The van der Waals surface area contributed by atoms with Gasteiger partial charge in [-0.25, -0.2) is 0 Å². The van der Waals surface area contributed by atoms with Gasteiger partial charge in [0.25, 0.3) is 5.91 Å². The van der Waals surface area contributed by atoms with Crippen molar-refractivity contribution in [3.05, 3.63) is 52.2 Å². The van der Waals surface area contributed by atoms with E-state index in [-0.39, 0.29) is 18.1 Å². The molecule has 0 bridgehead atoms. The Morgan fingerprint density at radius 3 is 2.65 bits per heavy atom. The third-order valence-electron chi connectivity index (χ3n) is 2.82. The summed E-state index contributed by atoms with van der Waals surface area (Å²) < 4.78 is 5.67. The molecule has 3 nitrogen and oxygen atoms in total. The van der Waals surface area contributed by atoms with Crippen molar-refractivity contribution in [3.63, 3.8) is 0 Å². The molecule has 0 aliphatic carbocycles. The molecule has 0 aliphatic heterocycles. The fourth-order valence-corrected chi connectivity index (χ4v) is 2.52. The van der Waals surface area contributed by atoms with Crippen molar-refractivity contribution in [2.45, 2.75) is 32.9 Å². The highest BCUT2D eigenvalue weighted by Crippen LogP contribution is 2.21. The summed E-state index contributed by atoms with van der Waals surface area (Å²) in [6, 6.07) is 11.5. The predicted octanol–water partition coefficient (Wildman–Crippen LogP) is 4.03. The number of rotatable bonds is 5. The van der Waals surface area contributed by atoms with E-state index in [1.165, 1.54) is 11.3 Å². The van der Waals surface area contributed by atoms with Crippen LogP contribution in [0.1, 0.15) is 42.0 Å². The molecule has 0 fully saturated rings. The van der Waals surface area contributed by atoms with Gasteiger partial charge >= 0.3 is 0 Å². The molecule has 4 heteroatoms. The molecule has 1 amide bonds. The lowest BCUT2D eigenvalue weighted by Crippen LogP contribution is -2.25. The van der Waals surface area contributed by atoms with Crippen molar-refractivity contribution in [2.75, 3.05) is 0 Å². The van der Waals surface area contributed by atoms with Gasteiger partial charge in [-0.3, -0.25) is 4.79 Å². The van der Waals surface area contributed by atoms with Crippen molar-refractivity contribution in [1.29, 1.82) is 0 Å². The van der Waals surface area contributed by atoms with Crippen molar-refractivity contribution >= 4 is 17.2 Å². The molecule has 1 atom stereocenters. The number of hydrogen-bond donors (Lipinski definition) is 1. The van der Waals surface area contributed by atoms with Crippen molar-refractivity contribution in [3.8, 4) is 5.75 Å². The van der Waals surface area contributed by atoms with Gasteiger partial charge in [0.1, 0.15) is 5.75 Å². The van der Waals surface area contributed by atoms with E-state index in [9.17, 15) is 4.79 Å². The summed E-state index contributed by atoms with van der Waals surface area (Å²) in [5, 5.41) is 4.89. The first kappa shape index (κ1) is 14.6. The number of thiophene rings is 1. The number of hydrogen-bond acceptors (Lipinski definition) is 3. The van der Waals surface area contributed by atoms with Gasteiger partial charge in [0, 0.05) is 0 Å². The van der Waals surface area contributed by atoms with E-state index >= 15 is 0 Å². The SMILES string of the molecule is CC(C)Oc1cccc(C(C)NC(=O)c2cccs2)c1. The normalized spacial score (nSPS) is 12.2. The molecule has 0 radical (unpaired) electrons. The van der Waals surface area contributed by atoms with Crippen LogP contribution in [0.5, 0.6) is 5.75 Å². The van der Waals surface area contributed by atoms with E-state index in [0.717, 1.165) is 16.2 Å². The molecule has 1 aromatic carbocycles. The zero-order valence-electron chi connectivity index (χ0n) is 11.9. The first-order valence-electron chi connectivity index (χ1n) is 6.67. The van der Waals surface area contributed by atoms with Gasteiger partial charge in [-0.05, 0) is 49.9 Å². The second-order valence-corrected chi connectivity index (χ2v) is 5.86. The lowest BCUT2D eigenvalue weighted by Gasteiger charge is -2.16. The van der Waals surface area contributed by atoms with Crippen molar-refractivity contribution in [1.82, 2.24) is 5.32 Å². The Kier molecular flexibility index (Phi) is 4.79. The highest BCUT2D eigenvalue weighted by atomic mass is 32.1. The van der Waals surface area contributed by atoms with Crippen molar-refractivity contribution in [2.24, 2.45) is 0 Å². The first-order valence-corrected chi connectivity index (χ1v) is 7.55. The predicted molar refractivity (Wildman–Crippen MR) is 82.4 cm³/mol. The zero-order chi connectivity index (χ0) is 14.5. The molecule has 20 heavy (non-hydrogen) atoms. The Hall–Kier alpha value is -1.81. The fourth-order valence-electron chi connectivity index (χ4n) is 1.89. The molecule has 1 heterocycles. The Labute approximate surface area is 123 Å². The average Bonchev–Trinajstić information content (AvgIpc) is 2.92. The Balaban J connectivity index is 2.05. The van der Waals surface area contributed by atoms with Gasteiger partial charge < -0.3 is 10.1 Å². The van der Waals surface area contributed by atoms with E-state index in [0.29, 0.717) is 0 Å². The van der Waals surface area contributed by atoms with Crippen LogP contribution in [-0.4, -0.2) is 12.0 Å². The lowest BCUT2D eigenvalue weighted by molar-refractivity contribution is 0.0944. The molecular weight excluding hydrogens is 270 g/mol. The standard InChI is InChI=1S/C16H19NO2S/c1-11(2)19-14-7-4-6-13(10-14)12(3)17-16(18)15-8-5-9-20-15/h4-12H,1-3H3,(H,17,18). The molecule has 1 aromatic heterocycles. The van der Waals surface area contributed by atoms with Gasteiger partial charge in [-0.1, -0.05) is 18.2 Å². The minimum atomic E-state index is -0.0553. The van der Waals surface area contributed by atoms with Crippen molar-refractivity contribution < 1.29 is 9.53 Å². The quantitative estimate of drug-likeness (QED) is 0.902. The molecule has 2 rings (SSSR count). The van der Waals surface area contributed by atoms with Crippen LogP contribution in [0.2, 0.25) is 0 Å². The number of carbonyl (C=O) groups is 1. The van der Waals surface area contributed by atoms with Crippen LogP contribution in [0.15, 0.2) is 41.8 Å². The molecule has 2 aromatic rings. The zero-order valence-corrected chi connectivity index (χ0v) is 12.7. The number of ether oxygens (including phenoxy) is 1. The van der Waals surface area contributed by atoms with Gasteiger partial charge in [-0.2, -0.15) is 0 Å². The molecular formula is C16H19NO2S. The monoisotopic (exact) mass is 289 g/mol. The summed E-state index contributed by atoms with van der Waals surface area (Å²) in [6.45, 7) is 5.96. The average molecular weight is 289 g/mol. The third kappa shape index (κ3) is 3.84. The third-order valence-corrected chi connectivity index (χ3v) is 3.69. The number of amides is 1. The largest absolute Gasteiger partial charge is 0.491 e. The smallest absolute Gasteiger partial charge is 0.261 e. The minimum Gasteiger partial charge on any atom is -0.491 e. The summed E-state index contributed by atoms with van der Waals surface area (Å²) in [5.74, 6) is 0.789. The molecule has 0 spiro atoms.